The van der Waals surface area contributed by atoms with Gasteiger partial charge in [0.25, 0.3) is 0 Å². The highest BCUT2D eigenvalue weighted by atomic mass is 79.9. The molecule has 0 aliphatic carbocycles. The van der Waals surface area contributed by atoms with Crippen molar-refractivity contribution in [3.63, 3.8) is 0 Å². The first-order valence-electron chi connectivity index (χ1n) is 5.94. The molecule has 1 N–H and O–H groups in total. The smallest absolute Gasteiger partial charge is 0.0701 e. The van der Waals surface area contributed by atoms with Crippen LogP contribution in [0.2, 0.25) is 0 Å². The maximum absolute atomic E-state index is 3.54. The fraction of sp³-hybridized carbons (Fsp3) is 0.667. The van der Waals surface area contributed by atoms with E-state index in [4.69, 9.17) is 0 Å². The highest BCUT2D eigenvalue weighted by molar-refractivity contribution is 9.11. The minimum Gasteiger partial charge on any atom is -0.315 e. The van der Waals surface area contributed by atoms with Crippen LogP contribution < -0.4 is 5.32 Å². The third-order valence-electron chi connectivity index (χ3n) is 3.37. The first-order chi connectivity index (χ1) is 7.72. The van der Waals surface area contributed by atoms with Crippen molar-refractivity contribution in [2.75, 3.05) is 19.6 Å². The van der Waals surface area contributed by atoms with Crippen molar-refractivity contribution < 1.29 is 0 Å². The second kappa shape index (κ2) is 5.63. The molecule has 0 aromatic carbocycles. The van der Waals surface area contributed by atoms with E-state index in [0.29, 0.717) is 12.1 Å². The van der Waals surface area contributed by atoms with Crippen LogP contribution >= 0.6 is 27.3 Å². The molecule has 90 valence electrons. The van der Waals surface area contributed by atoms with Crippen LogP contribution in [-0.2, 0) is 0 Å². The van der Waals surface area contributed by atoms with Crippen LogP contribution in [0.1, 0.15) is 31.2 Å². The van der Waals surface area contributed by atoms with E-state index in [9.17, 15) is 0 Å². The molecule has 1 aliphatic heterocycles. The molecule has 1 aromatic rings. The molecular weight excluding hydrogens is 284 g/mol. The van der Waals surface area contributed by atoms with E-state index in [1.165, 1.54) is 21.6 Å². The van der Waals surface area contributed by atoms with Gasteiger partial charge in [0, 0.05) is 23.5 Å². The number of halogens is 1. The molecule has 1 aromatic heterocycles. The number of hydrogen-bond donors (Lipinski definition) is 1. The van der Waals surface area contributed by atoms with Crippen molar-refractivity contribution >= 4 is 27.3 Å². The summed E-state index contributed by atoms with van der Waals surface area (Å²) in [5, 5.41) is 3.45. The molecule has 0 radical (unpaired) electrons. The summed E-state index contributed by atoms with van der Waals surface area (Å²) in [5.74, 6) is 0. The lowest BCUT2D eigenvalue weighted by molar-refractivity contribution is 0.165. The van der Waals surface area contributed by atoms with Gasteiger partial charge in [-0.05, 0) is 54.5 Å². The Morgan fingerprint density at radius 3 is 2.94 bits per heavy atom. The minimum absolute atomic E-state index is 0.534. The lowest BCUT2D eigenvalue weighted by Crippen LogP contribution is -2.38. The Morgan fingerprint density at radius 1 is 1.62 bits per heavy atom. The molecule has 1 aliphatic rings. The van der Waals surface area contributed by atoms with Crippen LogP contribution in [0.25, 0.3) is 0 Å². The van der Waals surface area contributed by atoms with Gasteiger partial charge in [0.1, 0.15) is 0 Å². The zero-order chi connectivity index (χ0) is 11.5. The number of nitrogens with one attached hydrogen (secondary N) is 1. The van der Waals surface area contributed by atoms with Gasteiger partial charge in [0.15, 0.2) is 0 Å². The first-order valence-corrected chi connectivity index (χ1v) is 7.55. The van der Waals surface area contributed by atoms with Gasteiger partial charge in [-0.1, -0.05) is 6.92 Å². The molecule has 1 fully saturated rings. The van der Waals surface area contributed by atoms with E-state index in [1.54, 1.807) is 0 Å². The first kappa shape index (κ1) is 12.6. The quantitative estimate of drug-likeness (QED) is 0.918. The zero-order valence-electron chi connectivity index (χ0n) is 9.87. The molecule has 0 bridgehead atoms. The Morgan fingerprint density at radius 2 is 2.44 bits per heavy atom. The van der Waals surface area contributed by atoms with Gasteiger partial charge in [-0.15, -0.1) is 11.3 Å². The largest absolute Gasteiger partial charge is 0.315 e. The van der Waals surface area contributed by atoms with E-state index in [1.807, 2.05) is 11.3 Å². The third kappa shape index (κ3) is 2.67. The zero-order valence-corrected chi connectivity index (χ0v) is 12.3. The summed E-state index contributed by atoms with van der Waals surface area (Å²) in [6.07, 6.45) is 1.28. The number of thiophene rings is 1. The molecule has 2 atom stereocenters. The maximum Gasteiger partial charge on any atom is 0.0701 e. The normalized spacial score (nSPS) is 22.9. The lowest BCUT2D eigenvalue weighted by Gasteiger charge is -2.32. The van der Waals surface area contributed by atoms with Gasteiger partial charge >= 0.3 is 0 Å². The highest BCUT2D eigenvalue weighted by Gasteiger charge is 2.26. The van der Waals surface area contributed by atoms with Crippen molar-refractivity contribution in [1.82, 2.24) is 10.2 Å². The van der Waals surface area contributed by atoms with Crippen molar-refractivity contribution in [1.29, 1.82) is 0 Å². The molecular formula is C12H19BrN2S. The third-order valence-corrected chi connectivity index (χ3v) is 5.17. The number of nitrogens with zero attached hydrogens (tertiary/aromatic N) is 1. The maximum atomic E-state index is 3.54. The van der Waals surface area contributed by atoms with Gasteiger partial charge in [-0.3, -0.25) is 4.90 Å². The Balaban J connectivity index is 2.08. The summed E-state index contributed by atoms with van der Waals surface area (Å²) in [4.78, 5) is 4.07. The molecule has 0 amide bonds. The summed E-state index contributed by atoms with van der Waals surface area (Å²) < 4.78 is 1.23. The van der Waals surface area contributed by atoms with Gasteiger partial charge in [0.2, 0.25) is 0 Å². The van der Waals surface area contributed by atoms with Crippen LogP contribution in [0.3, 0.4) is 0 Å². The molecule has 2 unspecified atom stereocenters. The topological polar surface area (TPSA) is 15.3 Å². The molecule has 4 heteroatoms. The van der Waals surface area contributed by atoms with E-state index < -0.39 is 0 Å². The van der Waals surface area contributed by atoms with Crippen molar-refractivity contribution in [3.8, 4) is 0 Å². The monoisotopic (exact) mass is 302 g/mol. The van der Waals surface area contributed by atoms with Gasteiger partial charge < -0.3 is 5.32 Å². The Hall–Kier alpha value is 0.1000. The standard InChI is InChI=1S/C12H19BrN2S/c1-3-15(10-6-7-14-8-10)9(2)11-4-5-12(13)16-11/h4-5,9-10,14H,3,6-8H2,1-2H3. The minimum atomic E-state index is 0.534. The van der Waals surface area contributed by atoms with Crippen LogP contribution in [0.4, 0.5) is 0 Å². The van der Waals surface area contributed by atoms with Gasteiger partial charge in [-0.2, -0.15) is 0 Å². The van der Waals surface area contributed by atoms with Crippen LogP contribution in [-0.4, -0.2) is 30.6 Å². The molecule has 2 heterocycles. The van der Waals surface area contributed by atoms with Crippen molar-refractivity contribution in [2.24, 2.45) is 0 Å². The van der Waals surface area contributed by atoms with E-state index in [0.717, 1.165) is 13.1 Å². The van der Waals surface area contributed by atoms with E-state index in [-0.39, 0.29) is 0 Å². The molecule has 0 saturated carbocycles. The Kier molecular flexibility index (Phi) is 4.41. The summed E-state index contributed by atoms with van der Waals surface area (Å²) in [6.45, 7) is 8.02. The molecule has 1 saturated heterocycles. The Bertz CT molecular complexity index is 334. The lowest BCUT2D eigenvalue weighted by atomic mass is 10.1. The second-order valence-electron chi connectivity index (χ2n) is 4.29. The van der Waals surface area contributed by atoms with Crippen LogP contribution in [0.15, 0.2) is 15.9 Å². The van der Waals surface area contributed by atoms with Crippen LogP contribution in [0, 0.1) is 0 Å². The molecule has 2 nitrogen and oxygen atoms in total. The fourth-order valence-electron chi connectivity index (χ4n) is 2.49. The summed E-state index contributed by atoms with van der Waals surface area (Å²) in [6, 6.07) is 5.63. The molecule has 0 spiro atoms. The summed E-state index contributed by atoms with van der Waals surface area (Å²) in [5.41, 5.74) is 0. The summed E-state index contributed by atoms with van der Waals surface area (Å²) >= 11 is 5.40. The van der Waals surface area contributed by atoms with Gasteiger partial charge in [0.05, 0.1) is 3.79 Å². The van der Waals surface area contributed by atoms with Crippen molar-refractivity contribution in [3.05, 3.63) is 20.8 Å². The predicted molar refractivity (Wildman–Crippen MR) is 74.1 cm³/mol. The highest BCUT2D eigenvalue weighted by Crippen LogP contribution is 2.32. The fourth-order valence-corrected chi connectivity index (χ4v) is 3.98. The van der Waals surface area contributed by atoms with E-state index >= 15 is 0 Å². The number of rotatable bonds is 4. The molecule has 2 rings (SSSR count). The van der Waals surface area contributed by atoms with Crippen molar-refractivity contribution in [2.45, 2.75) is 32.4 Å². The number of likely N-dealkylation sites (N-methyl/N-ethyl adjacent to an activating group) is 1. The molecule has 16 heavy (non-hydrogen) atoms. The Labute approximate surface area is 110 Å². The van der Waals surface area contributed by atoms with E-state index in [2.05, 4.69) is 52.1 Å². The van der Waals surface area contributed by atoms with Crippen LogP contribution in [0.5, 0.6) is 0 Å². The average Bonchev–Trinajstić information content (AvgIpc) is 2.90. The SMILES string of the molecule is CCN(C1CCNC1)C(C)c1ccc(Br)s1. The van der Waals surface area contributed by atoms with Gasteiger partial charge in [-0.25, -0.2) is 0 Å². The average molecular weight is 303 g/mol. The summed E-state index contributed by atoms with van der Waals surface area (Å²) in [7, 11) is 0. The second-order valence-corrected chi connectivity index (χ2v) is 6.79. The predicted octanol–water partition coefficient (Wildman–Crippen LogP) is 3.26. The number of hydrogen-bond acceptors (Lipinski definition) is 3.